The summed E-state index contributed by atoms with van der Waals surface area (Å²) in [5.74, 6) is 0. The van der Waals surface area contributed by atoms with Crippen LogP contribution in [0.3, 0.4) is 0 Å². The lowest BCUT2D eigenvalue weighted by Crippen LogP contribution is -2.55. The molecule has 10 heavy (non-hydrogen) atoms. The zero-order chi connectivity index (χ0) is 7.78. The Balaban J connectivity index is 2.91. The van der Waals surface area contributed by atoms with Gasteiger partial charge in [0, 0.05) is 0 Å². The van der Waals surface area contributed by atoms with Gasteiger partial charge < -0.3 is 0 Å². The van der Waals surface area contributed by atoms with Crippen molar-refractivity contribution in [2.24, 2.45) is 4.99 Å². The summed E-state index contributed by atoms with van der Waals surface area (Å²) in [6, 6.07) is 0. The van der Waals surface area contributed by atoms with Gasteiger partial charge in [-0.1, -0.05) is 0 Å². The largest absolute Gasteiger partial charge is 0.512 e. The normalized spacial score (nSPS) is 19.6. The van der Waals surface area contributed by atoms with Gasteiger partial charge in [-0.25, -0.2) is 0 Å². The van der Waals surface area contributed by atoms with E-state index in [0.29, 0.717) is 0 Å². The summed E-state index contributed by atoms with van der Waals surface area (Å²) in [6.07, 6.45) is 0.743. The second-order valence-corrected chi connectivity index (χ2v) is 1.86. The first-order valence-electron chi connectivity index (χ1n) is 2.39. The zero-order valence-electron chi connectivity index (χ0n) is 4.76. The molecule has 0 amide bonds. The van der Waals surface area contributed by atoms with E-state index in [0.717, 1.165) is 6.21 Å². The molecule has 0 unspecified atom stereocenters. The van der Waals surface area contributed by atoms with Gasteiger partial charge in [0.2, 0.25) is 0 Å². The minimum absolute atomic E-state index is 0.354. The third-order valence-corrected chi connectivity index (χ3v) is 1.25. The Morgan fingerprint density at radius 3 is 1.80 bits per heavy atom. The Morgan fingerprint density at radius 2 is 1.80 bits per heavy atom. The van der Waals surface area contributed by atoms with Crippen molar-refractivity contribution in [1.29, 1.82) is 0 Å². The lowest BCUT2D eigenvalue weighted by Gasteiger charge is -2.15. The molecule has 0 aromatic carbocycles. The maximum absolute atomic E-state index is 10.0. The summed E-state index contributed by atoms with van der Waals surface area (Å²) < 4.78 is 0. The number of aliphatic imine (C=N–C) groups is 1. The number of hydrogen-bond acceptors (Lipinski definition) is 5. The molecule has 0 aliphatic carbocycles. The standard InChI is InChI=1S/C3H3N3O4/c7-5(8)3(6(9)10)1-4-2-3/h1H,2H2. The van der Waals surface area contributed by atoms with Gasteiger partial charge in [0.1, 0.15) is 9.85 Å². The Bertz CT molecular complexity index is 208. The molecule has 1 aliphatic rings. The Morgan fingerprint density at radius 1 is 1.40 bits per heavy atom. The first-order valence-corrected chi connectivity index (χ1v) is 2.39. The maximum atomic E-state index is 10.0. The lowest BCUT2D eigenvalue weighted by atomic mass is 10.1. The van der Waals surface area contributed by atoms with Crippen LogP contribution in [0.2, 0.25) is 0 Å². The van der Waals surface area contributed by atoms with Crippen LogP contribution in [-0.4, -0.2) is 28.3 Å². The second kappa shape index (κ2) is 1.72. The van der Waals surface area contributed by atoms with Gasteiger partial charge in [-0.15, -0.1) is 0 Å². The summed E-state index contributed by atoms with van der Waals surface area (Å²) in [7, 11) is 0. The Kier molecular flexibility index (Phi) is 1.14. The van der Waals surface area contributed by atoms with Crippen molar-refractivity contribution in [3.8, 4) is 0 Å². The minimum Gasteiger partial charge on any atom is -0.267 e. The van der Waals surface area contributed by atoms with Gasteiger partial charge in [0.05, 0.1) is 0 Å². The van der Waals surface area contributed by atoms with E-state index < -0.39 is 15.5 Å². The summed E-state index contributed by atoms with van der Waals surface area (Å²) in [5.41, 5.74) is -2.12. The van der Waals surface area contributed by atoms with E-state index in [9.17, 15) is 20.2 Å². The van der Waals surface area contributed by atoms with Crippen LogP contribution < -0.4 is 0 Å². The first kappa shape index (κ1) is 6.59. The fourth-order valence-electron chi connectivity index (χ4n) is 0.531. The Hall–Kier alpha value is -1.53. The molecule has 0 aromatic heterocycles. The average molecular weight is 145 g/mol. The van der Waals surface area contributed by atoms with Crippen LogP contribution >= 0.6 is 0 Å². The maximum Gasteiger partial charge on any atom is 0.512 e. The molecule has 0 saturated carbocycles. The monoisotopic (exact) mass is 145 g/mol. The van der Waals surface area contributed by atoms with Gasteiger partial charge >= 0.3 is 5.66 Å². The van der Waals surface area contributed by atoms with Crippen molar-refractivity contribution in [3.05, 3.63) is 20.2 Å². The van der Waals surface area contributed by atoms with Crippen molar-refractivity contribution in [1.82, 2.24) is 0 Å². The van der Waals surface area contributed by atoms with Crippen LogP contribution in [-0.2, 0) is 0 Å². The van der Waals surface area contributed by atoms with Gasteiger partial charge in [-0.05, 0) is 0 Å². The van der Waals surface area contributed by atoms with Crippen LogP contribution in [0.5, 0.6) is 0 Å². The molecule has 1 heterocycles. The molecule has 1 rings (SSSR count). The highest BCUT2D eigenvalue weighted by Crippen LogP contribution is 2.15. The van der Waals surface area contributed by atoms with Crippen LogP contribution in [0.25, 0.3) is 0 Å². The van der Waals surface area contributed by atoms with Crippen molar-refractivity contribution in [2.45, 2.75) is 5.66 Å². The van der Waals surface area contributed by atoms with Crippen molar-refractivity contribution < 1.29 is 9.85 Å². The smallest absolute Gasteiger partial charge is 0.267 e. The quantitative estimate of drug-likeness (QED) is 0.292. The molecule has 1 aliphatic heterocycles. The van der Waals surface area contributed by atoms with Crippen LogP contribution in [0.15, 0.2) is 4.99 Å². The summed E-state index contributed by atoms with van der Waals surface area (Å²) in [5, 5.41) is 20.0. The third-order valence-electron chi connectivity index (χ3n) is 1.25. The first-order chi connectivity index (χ1) is 4.59. The molecule has 54 valence electrons. The number of rotatable bonds is 2. The van der Waals surface area contributed by atoms with E-state index in [-0.39, 0.29) is 6.54 Å². The van der Waals surface area contributed by atoms with Gasteiger partial charge in [0.25, 0.3) is 0 Å². The van der Waals surface area contributed by atoms with Gasteiger partial charge in [0.15, 0.2) is 12.8 Å². The molecule has 0 fully saturated rings. The zero-order valence-corrected chi connectivity index (χ0v) is 4.76. The SMILES string of the molecule is O=[N+]([O-])C1([N+](=O)[O-])C=NC1. The van der Waals surface area contributed by atoms with E-state index in [1.54, 1.807) is 0 Å². The number of nitro groups is 2. The molecule has 7 nitrogen and oxygen atoms in total. The fraction of sp³-hybridized carbons (Fsp3) is 0.667. The van der Waals surface area contributed by atoms with Crippen molar-refractivity contribution >= 4 is 6.21 Å². The van der Waals surface area contributed by atoms with Gasteiger partial charge in [-0.2, -0.15) is 0 Å². The van der Waals surface area contributed by atoms with Gasteiger partial charge in [-0.3, -0.25) is 25.2 Å². The predicted molar refractivity (Wildman–Crippen MR) is 30.1 cm³/mol. The topological polar surface area (TPSA) is 98.6 Å². The molecule has 7 heteroatoms. The van der Waals surface area contributed by atoms with Crippen molar-refractivity contribution in [2.75, 3.05) is 6.54 Å². The second-order valence-electron chi connectivity index (χ2n) is 1.86. The Labute approximate surface area is 54.7 Å². The molecular formula is C3H3N3O4. The fourth-order valence-corrected chi connectivity index (χ4v) is 0.531. The highest BCUT2D eigenvalue weighted by molar-refractivity contribution is 5.71. The van der Waals surface area contributed by atoms with Crippen LogP contribution in [0.4, 0.5) is 0 Å². The molecule has 0 atom stereocenters. The average Bonchev–Trinajstić information content (AvgIpc) is 1.57. The number of nitrogens with zero attached hydrogens (tertiary/aromatic N) is 3. The minimum atomic E-state index is -2.12. The van der Waals surface area contributed by atoms with E-state index in [1.807, 2.05) is 0 Å². The highest BCUT2D eigenvalue weighted by atomic mass is 16.7. The summed E-state index contributed by atoms with van der Waals surface area (Å²) in [4.78, 5) is 21.5. The summed E-state index contributed by atoms with van der Waals surface area (Å²) >= 11 is 0. The van der Waals surface area contributed by atoms with Crippen LogP contribution in [0.1, 0.15) is 0 Å². The molecular weight excluding hydrogens is 142 g/mol. The summed E-state index contributed by atoms with van der Waals surface area (Å²) in [6.45, 7) is -0.354. The third kappa shape index (κ3) is 0.567. The van der Waals surface area contributed by atoms with E-state index in [1.165, 1.54) is 0 Å². The van der Waals surface area contributed by atoms with E-state index in [2.05, 4.69) is 4.99 Å². The van der Waals surface area contributed by atoms with Crippen LogP contribution in [0, 0.1) is 20.2 Å². The molecule has 0 spiro atoms. The lowest BCUT2D eigenvalue weighted by molar-refractivity contribution is -0.771. The molecule has 0 N–H and O–H groups in total. The predicted octanol–water partition coefficient (Wildman–Crippen LogP) is -0.680. The number of hydrogen-bond donors (Lipinski definition) is 0. The highest BCUT2D eigenvalue weighted by Gasteiger charge is 2.59. The molecule has 0 radical (unpaired) electrons. The van der Waals surface area contributed by atoms with E-state index in [4.69, 9.17) is 0 Å². The molecule has 0 aromatic rings. The molecule has 0 saturated heterocycles. The molecule has 0 bridgehead atoms. The van der Waals surface area contributed by atoms with E-state index >= 15 is 0 Å². The van der Waals surface area contributed by atoms with Crippen molar-refractivity contribution in [3.63, 3.8) is 0 Å².